The molecule has 6 rings (SSSR count). The minimum atomic E-state index is -1.26. The summed E-state index contributed by atoms with van der Waals surface area (Å²) >= 11 is 16.9. The highest BCUT2D eigenvalue weighted by molar-refractivity contribution is 6.19. The third-order valence-corrected chi connectivity index (χ3v) is 18.6. The minimum Gasteiger partial charge on any atom is -0.477 e. The lowest BCUT2D eigenvalue weighted by molar-refractivity contribution is -0.132. The molecule has 2 heterocycles. The number of nitriles is 4. The van der Waals surface area contributed by atoms with Crippen LogP contribution in [0.4, 0.5) is 31.4 Å². The Morgan fingerprint density at radius 2 is 0.907 bits per heavy atom. The zero-order chi connectivity index (χ0) is 85.8. The molecule has 0 spiro atoms. The van der Waals surface area contributed by atoms with Gasteiger partial charge in [-0.25, -0.2) is 24.2 Å². The second kappa shape index (κ2) is 61.3. The minimum absolute atomic E-state index is 0.148. The summed E-state index contributed by atoms with van der Waals surface area (Å²) in [6.07, 6.45) is 20.8. The van der Waals surface area contributed by atoms with Gasteiger partial charge in [-0.05, 0) is 129 Å². The van der Waals surface area contributed by atoms with Crippen LogP contribution >= 0.6 is 34.8 Å². The molecule has 29 nitrogen and oxygen atoms in total. The van der Waals surface area contributed by atoms with Crippen LogP contribution in [0.1, 0.15) is 113 Å². The van der Waals surface area contributed by atoms with Gasteiger partial charge in [0.25, 0.3) is 5.91 Å². The number of hydrogen-bond donors (Lipinski definition) is 4. The fourth-order valence-electron chi connectivity index (χ4n) is 11.2. The van der Waals surface area contributed by atoms with Gasteiger partial charge < -0.3 is 83.1 Å². The van der Waals surface area contributed by atoms with Gasteiger partial charge in [0.15, 0.2) is 18.6 Å². The van der Waals surface area contributed by atoms with Crippen LogP contribution in [0.5, 0.6) is 0 Å². The number of benzene rings is 4. The number of aliphatic carboxylic acids is 1. The number of alkyl carbamates (subject to hydrolysis) is 3. The van der Waals surface area contributed by atoms with E-state index in [1.54, 1.807) is 74.6 Å². The van der Waals surface area contributed by atoms with Crippen molar-refractivity contribution in [2.75, 3.05) is 199 Å². The number of halogens is 3. The van der Waals surface area contributed by atoms with Gasteiger partial charge in [0.05, 0.1) is 96.3 Å². The molecule has 1 unspecified atom stereocenters. The van der Waals surface area contributed by atoms with Gasteiger partial charge in [-0.3, -0.25) is 9.69 Å². The zero-order valence-corrected chi connectivity index (χ0v) is 71.1. The normalized spacial score (nSPS) is 13.7. The number of amidine groups is 1. The number of carbonyl (C=O) groups is 5. The number of carbonyl (C=O) groups excluding carboxylic acids is 4. The molecule has 4 aromatic carbocycles. The van der Waals surface area contributed by atoms with E-state index in [0.29, 0.717) is 140 Å². The Labute approximate surface area is 710 Å². The number of hydrogen-bond acceptors (Lipinski definition) is 24. The van der Waals surface area contributed by atoms with Crippen LogP contribution in [0.15, 0.2) is 131 Å². The molecule has 2 aliphatic heterocycles. The number of alkyl halides is 3. The molecule has 0 saturated carbocycles. The van der Waals surface area contributed by atoms with E-state index in [2.05, 4.69) is 27.0 Å². The molecule has 0 saturated heterocycles. The summed E-state index contributed by atoms with van der Waals surface area (Å²) < 4.78 is 54.4. The largest absolute Gasteiger partial charge is 0.477 e. The monoisotopic (exact) mass is 1690 g/mol. The number of nitrogens with zero attached hydrogens (tertiary/aromatic N) is 10. The smallest absolute Gasteiger partial charge is 0.407 e. The first-order valence-electron chi connectivity index (χ1n) is 39.6. The lowest BCUT2D eigenvalue weighted by Crippen LogP contribution is -2.32. The van der Waals surface area contributed by atoms with Gasteiger partial charge in [-0.1, -0.05) is 111 Å². The predicted molar refractivity (Wildman–Crippen MR) is 459 cm³/mol. The Hall–Kier alpha value is -9.99. The van der Waals surface area contributed by atoms with Crippen LogP contribution in [-0.4, -0.2) is 247 Å². The number of carboxylic acids is 1. The van der Waals surface area contributed by atoms with Crippen molar-refractivity contribution in [2.24, 2.45) is 4.99 Å². The molecule has 0 aromatic heterocycles. The van der Waals surface area contributed by atoms with Gasteiger partial charge in [0.2, 0.25) is 0 Å². The summed E-state index contributed by atoms with van der Waals surface area (Å²) in [5.74, 6) is 1.33. The van der Waals surface area contributed by atoms with E-state index in [1.165, 1.54) is 6.08 Å². The van der Waals surface area contributed by atoms with E-state index in [1.807, 2.05) is 127 Å². The van der Waals surface area contributed by atoms with Crippen molar-refractivity contribution in [1.29, 1.82) is 21.0 Å². The Balaban J connectivity index is 0.000000375. The summed E-state index contributed by atoms with van der Waals surface area (Å²) in [5, 5.41) is 54.0. The highest BCUT2D eigenvalue weighted by Crippen LogP contribution is 2.43. The molecule has 1 atom stereocenters. The average Bonchev–Trinajstić information content (AvgIpc) is 1.61. The maximum absolute atomic E-state index is 12.7. The first-order valence-corrected chi connectivity index (χ1v) is 41.2. The van der Waals surface area contributed by atoms with Crippen molar-refractivity contribution >= 4 is 112 Å². The van der Waals surface area contributed by atoms with Crippen LogP contribution < -0.4 is 30.7 Å². The number of unbranched alkanes of at least 4 members (excludes halogenated alkanes) is 9. The predicted octanol–water partition coefficient (Wildman–Crippen LogP) is 13.6. The Bertz CT molecular complexity index is 3910. The Morgan fingerprint density at radius 1 is 0.517 bits per heavy atom. The van der Waals surface area contributed by atoms with Gasteiger partial charge in [0, 0.05) is 108 Å². The number of ether oxygens (including phenoxy) is 10. The maximum atomic E-state index is 12.7. The van der Waals surface area contributed by atoms with Crippen molar-refractivity contribution in [3.8, 4) is 24.5 Å². The SMILES string of the molecule is CN(CCOC(=O)NCCOCCOCCCCCCCl)c1ccc(/C=C(\C#N)C(=O)O)cc1.CN(CCOC(=O)NCCOCCOCCCCCCCl)c1ccc(C2=C(C#N)C(N(C#N)C#N)OC2(C)C)cc1.CN1C(=O)/C(=C/c2ccc(N(C)CCOC(=O)NCCOCCOCCCCCCCl)cc2)N=C1/C=C/c1ccccc1. The standard InChI is InChI=1S/C33H43ClN4O5.C29H39ClN6O5.C24H34ClN3O6/c1-37(20-23-43-33(40)35-19-22-42-25-24-41-21-9-4-3-8-18-34)29-15-12-28(13-16-29)26-30-32(39)38(2)31(36-30)17-14-27-10-6-5-7-11-27;1-29(2)26(25(20-31)27(41-29)36(21-32)22-33)23-8-10-24(11-9-23)35(3)14-17-40-28(37)34-13-16-39-19-18-38-15-7-5-4-6-12-30;1-28(22-8-6-20(7-9-22)18-21(19-26)23(29)30)12-15-34-24(31)27-11-14-33-17-16-32-13-5-3-2-4-10-25/h5-7,10-17,26H,3-4,8-9,18-25H2,1-2H3,(H,35,40);8-11,27H,4-7,12-19H2,1-3H3,(H,34,37);6-9,18H,2-5,10-17H2,1H3,(H,27,31)(H,29,30)/b17-14+,30-26-;;21-18+. The van der Waals surface area contributed by atoms with E-state index in [-0.39, 0.29) is 36.9 Å². The molecule has 118 heavy (non-hydrogen) atoms. The molecule has 0 fully saturated rings. The highest BCUT2D eigenvalue weighted by Gasteiger charge is 2.44. The summed E-state index contributed by atoms with van der Waals surface area (Å²) in [7, 11) is 7.37. The topological polar surface area (TPSA) is 358 Å². The summed E-state index contributed by atoms with van der Waals surface area (Å²) in [6.45, 7) is 13.1. The molecule has 0 aliphatic carbocycles. The van der Waals surface area contributed by atoms with Crippen LogP contribution in [-0.2, 0) is 57.0 Å². The van der Waals surface area contributed by atoms with Crippen LogP contribution in [0.25, 0.3) is 23.8 Å². The number of nitrogens with one attached hydrogen (secondary N) is 3. The van der Waals surface area contributed by atoms with Crippen molar-refractivity contribution < 1.29 is 76.4 Å². The maximum Gasteiger partial charge on any atom is 0.407 e. The number of likely N-dealkylation sites (N-methyl/N-ethyl adjacent to an activating group) is 4. The Kier molecular flexibility index (Phi) is 52.2. The molecule has 4 aromatic rings. The fourth-order valence-corrected chi connectivity index (χ4v) is 11.8. The van der Waals surface area contributed by atoms with Crippen molar-refractivity contribution in [3.05, 3.63) is 148 Å². The number of anilines is 3. The van der Waals surface area contributed by atoms with Gasteiger partial charge >= 0.3 is 24.2 Å². The van der Waals surface area contributed by atoms with E-state index in [0.717, 1.165) is 135 Å². The van der Waals surface area contributed by atoms with Gasteiger partial charge in [0.1, 0.15) is 43.0 Å². The molecule has 642 valence electrons. The second-order valence-electron chi connectivity index (χ2n) is 27.2. The Morgan fingerprint density at radius 3 is 1.29 bits per heavy atom. The third kappa shape index (κ3) is 41.4. The number of rotatable bonds is 55. The van der Waals surface area contributed by atoms with Crippen molar-refractivity contribution in [3.63, 3.8) is 0 Å². The lowest BCUT2D eigenvalue weighted by atomic mass is 9.89. The van der Waals surface area contributed by atoms with E-state index >= 15 is 0 Å². The van der Waals surface area contributed by atoms with Crippen LogP contribution in [0, 0.1) is 45.6 Å². The first kappa shape index (κ1) is 100. The first-order chi connectivity index (χ1) is 57.2. The zero-order valence-electron chi connectivity index (χ0n) is 68.8. The quantitative estimate of drug-likeness (QED) is 0.00607. The molecule has 2 aliphatic rings. The summed E-state index contributed by atoms with van der Waals surface area (Å²) in [5.41, 5.74) is 6.01. The van der Waals surface area contributed by atoms with Crippen LogP contribution in [0.3, 0.4) is 0 Å². The van der Waals surface area contributed by atoms with Gasteiger partial charge in [-0.2, -0.15) is 25.9 Å². The van der Waals surface area contributed by atoms with Crippen molar-refractivity contribution in [1.82, 2.24) is 25.8 Å². The lowest BCUT2D eigenvalue weighted by Gasteiger charge is -2.25. The number of aliphatic imine (C=N–C) groups is 1. The molecular formula is C86H116Cl3N13O16. The average molecular weight is 1690 g/mol. The summed E-state index contributed by atoms with van der Waals surface area (Å²) in [4.78, 5) is 71.9. The molecule has 32 heteroatoms. The molecule has 0 bridgehead atoms. The van der Waals surface area contributed by atoms with Gasteiger partial charge in [-0.15, -0.1) is 34.8 Å². The van der Waals surface area contributed by atoms with E-state index in [4.69, 9.17) is 92.5 Å². The fraction of sp³-hybridized carbons (Fsp3) is 0.512. The molecule has 4 amide bonds. The summed E-state index contributed by atoms with van der Waals surface area (Å²) in [6, 6.07) is 35.9. The van der Waals surface area contributed by atoms with E-state index < -0.39 is 36.1 Å². The molecular weight excluding hydrogens is 1580 g/mol. The highest BCUT2D eigenvalue weighted by atomic mass is 35.5. The van der Waals surface area contributed by atoms with E-state index in [9.17, 15) is 39.8 Å². The third-order valence-electron chi connectivity index (χ3n) is 17.8. The molecule has 0 radical (unpaired) electrons. The molecule has 4 N–H and O–H groups in total. The number of amides is 4. The van der Waals surface area contributed by atoms with Crippen LogP contribution in [0.2, 0.25) is 0 Å². The number of carboxylic acid groups (broad SMARTS) is 1. The van der Waals surface area contributed by atoms with Crippen molar-refractivity contribution in [2.45, 2.75) is 103 Å². The second-order valence-corrected chi connectivity index (χ2v) is 28.3.